The summed E-state index contributed by atoms with van der Waals surface area (Å²) in [6, 6.07) is 6.93. The third kappa shape index (κ3) is 3.67. The molecule has 7 rings (SSSR count). The molecule has 0 radical (unpaired) electrons. The van der Waals surface area contributed by atoms with Gasteiger partial charge in [-0.1, -0.05) is 11.2 Å². The van der Waals surface area contributed by atoms with Gasteiger partial charge in [0.15, 0.2) is 17.3 Å². The number of nitrogens with zero attached hydrogens (tertiary/aromatic N) is 6. The first-order chi connectivity index (χ1) is 19.4. The molecule has 2 aliphatic heterocycles. The first-order valence-electron chi connectivity index (χ1n) is 14.4. The molecule has 40 heavy (non-hydrogen) atoms. The first kappa shape index (κ1) is 25.1. The van der Waals surface area contributed by atoms with Crippen molar-refractivity contribution in [2.45, 2.75) is 69.4 Å². The largest absolute Gasteiger partial charge is 0.486 e. The maximum absolute atomic E-state index is 10.1. The number of anilines is 2. The second-order valence-corrected chi connectivity index (χ2v) is 11.7. The quantitative estimate of drug-likeness (QED) is 0.487. The Bertz CT molecular complexity index is 1530. The van der Waals surface area contributed by atoms with Crippen LogP contribution in [-0.2, 0) is 18.3 Å². The van der Waals surface area contributed by atoms with E-state index in [1.807, 2.05) is 13.1 Å². The molecule has 0 saturated carbocycles. The molecule has 208 valence electrons. The van der Waals surface area contributed by atoms with E-state index in [-0.39, 0.29) is 6.10 Å². The lowest BCUT2D eigenvalue weighted by Crippen LogP contribution is -2.38. The van der Waals surface area contributed by atoms with Crippen molar-refractivity contribution < 1.29 is 14.0 Å². The molecular formula is C30H35N7O3. The molecule has 3 aromatic rings. The number of likely N-dealkylation sites (tertiary alicyclic amines) is 1. The number of aryl methyl sites for hydroxylation is 1. The predicted octanol–water partition coefficient (Wildman–Crippen LogP) is 3.84. The zero-order valence-electron chi connectivity index (χ0n) is 23.4. The Kier molecular flexibility index (Phi) is 5.89. The highest BCUT2D eigenvalue weighted by Gasteiger charge is 2.49. The van der Waals surface area contributed by atoms with Crippen molar-refractivity contribution in [3.8, 4) is 29.2 Å². The number of ether oxygens (including phenoxy) is 2. The zero-order valence-corrected chi connectivity index (χ0v) is 23.4. The average Bonchev–Trinajstić information content (AvgIpc) is 3.67. The van der Waals surface area contributed by atoms with Crippen LogP contribution in [0, 0.1) is 11.3 Å². The Morgan fingerprint density at radius 1 is 1.15 bits per heavy atom. The van der Waals surface area contributed by atoms with Crippen LogP contribution in [0.25, 0.3) is 11.4 Å². The molecule has 1 spiro atoms. The number of fused-ring (bicyclic) bond motifs is 5. The van der Waals surface area contributed by atoms with Gasteiger partial charge in [0.2, 0.25) is 0 Å². The standard InChI is InChI=1S/C30H35N7O3/c1-17(22-7-5-13-36(22)2)39-29-33-25(26-28(34-29)37(3)14-15-38-26)24-19-6-4-11-30(27(19)40-35-24)12-10-18-8-9-21(32)20(16-31)23(18)30/h8-9,17,22H,4-7,10-15,32H2,1-3H3. The maximum atomic E-state index is 10.1. The SMILES string of the molecule is CC(Oc1nc(-c2noc3c2CCCC32CCc3ccc(N)c(C#N)c32)c2c(n1)N(C)CCO2)C1CCCN1C. The van der Waals surface area contributed by atoms with Gasteiger partial charge in [0.1, 0.15) is 30.2 Å². The van der Waals surface area contributed by atoms with Crippen LogP contribution >= 0.6 is 0 Å². The first-order valence-corrected chi connectivity index (χ1v) is 14.4. The maximum Gasteiger partial charge on any atom is 0.319 e. The van der Waals surface area contributed by atoms with Crippen LogP contribution in [0.3, 0.4) is 0 Å². The van der Waals surface area contributed by atoms with Gasteiger partial charge in [0.25, 0.3) is 0 Å². The predicted molar refractivity (Wildman–Crippen MR) is 150 cm³/mol. The van der Waals surface area contributed by atoms with E-state index in [0.717, 1.165) is 74.9 Å². The van der Waals surface area contributed by atoms with Gasteiger partial charge in [-0.2, -0.15) is 15.2 Å². The fourth-order valence-corrected chi connectivity index (χ4v) is 7.46. The molecule has 1 saturated heterocycles. The van der Waals surface area contributed by atoms with Crippen molar-refractivity contribution in [2.75, 3.05) is 44.4 Å². The van der Waals surface area contributed by atoms with Crippen LogP contribution in [0.2, 0.25) is 0 Å². The Balaban J connectivity index is 1.34. The molecule has 1 fully saturated rings. The van der Waals surface area contributed by atoms with E-state index in [1.165, 1.54) is 5.56 Å². The molecule has 10 nitrogen and oxygen atoms in total. The normalized spacial score (nSPS) is 24.2. The van der Waals surface area contributed by atoms with Gasteiger partial charge < -0.3 is 24.6 Å². The zero-order chi connectivity index (χ0) is 27.6. The van der Waals surface area contributed by atoms with E-state index in [9.17, 15) is 5.26 Å². The van der Waals surface area contributed by atoms with Gasteiger partial charge in [0, 0.05) is 24.3 Å². The Labute approximate surface area is 234 Å². The molecule has 1 aromatic carbocycles. The number of benzene rings is 1. The molecule has 4 heterocycles. The van der Waals surface area contributed by atoms with Gasteiger partial charge in [-0.05, 0) is 82.7 Å². The number of hydrogen-bond donors (Lipinski definition) is 1. The van der Waals surface area contributed by atoms with Crippen LogP contribution in [0.15, 0.2) is 16.7 Å². The van der Waals surface area contributed by atoms with Crippen molar-refractivity contribution in [2.24, 2.45) is 0 Å². The number of nitrogen functional groups attached to an aromatic ring is 1. The average molecular weight is 542 g/mol. The van der Waals surface area contributed by atoms with Gasteiger partial charge in [-0.3, -0.25) is 4.90 Å². The van der Waals surface area contributed by atoms with E-state index in [2.05, 4.69) is 41.1 Å². The van der Waals surface area contributed by atoms with Crippen molar-refractivity contribution in [1.82, 2.24) is 20.0 Å². The van der Waals surface area contributed by atoms with Gasteiger partial charge in [-0.25, -0.2) is 0 Å². The Morgan fingerprint density at radius 3 is 2.83 bits per heavy atom. The van der Waals surface area contributed by atoms with E-state index < -0.39 is 5.41 Å². The summed E-state index contributed by atoms with van der Waals surface area (Å²) in [5.41, 5.74) is 11.4. The topological polar surface area (TPSA) is 127 Å². The number of rotatable bonds is 4. The van der Waals surface area contributed by atoms with Crippen LogP contribution in [-0.4, -0.2) is 66.0 Å². The van der Waals surface area contributed by atoms with Crippen LogP contribution in [0.5, 0.6) is 11.8 Å². The molecule has 3 unspecified atom stereocenters. The third-order valence-electron chi connectivity index (χ3n) is 9.48. The summed E-state index contributed by atoms with van der Waals surface area (Å²) in [5.74, 6) is 2.14. The van der Waals surface area contributed by atoms with Crippen molar-refractivity contribution in [3.63, 3.8) is 0 Å². The summed E-state index contributed by atoms with van der Waals surface area (Å²) in [5, 5.41) is 14.7. The molecular weight excluding hydrogens is 506 g/mol. The number of aromatic nitrogens is 3. The van der Waals surface area contributed by atoms with E-state index in [1.54, 1.807) is 0 Å². The molecule has 4 aliphatic rings. The molecule has 0 amide bonds. The van der Waals surface area contributed by atoms with E-state index in [4.69, 9.17) is 29.7 Å². The van der Waals surface area contributed by atoms with Crippen molar-refractivity contribution in [3.05, 3.63) is 40.1 Å². The highest BCUT2D eigenvalue weighted by molar-refractivity contribution is 5.76. The van der Waals surface area contributed by atoms with E-state index >= 15 is 0 Å². The summed E-state index contributed by atoms with van der Waals surface area (Å²) in [7, 11) is 4.15. The summed E-state index contributed by atoms with van der Waals surface area (Å²) in [6.45, 7) is 4.41. The van der Waals surface area contributed by atoms with Crippen molar-refractivity contribution in [1.29, 1.82) is 5.26 Å². The minimum absolute atomic E-state index is 0.0624. The van der Waals surface area contributed by atoms with Gasteiger partial charge in [-0.15, -0.1) is 0 Å². The molecule has 2 aromatic heterocycles. The molecule has 3 atom stereocenters. The minimum atomic E-state index is -0.416. The number of hydrogen-bond acceptors (Lipinski definition) is 10. The molecule has 0 bridgehead atoms. The van der Waals surface area contributed by atoms with E-state index in [0.29, 0.717) is 52.9 Å². The summed E-state index contributed by atoms with van der Waals surface area (Å²) in [6.07, 6.45) is 6.58. The Hall–Kier alpha value is -3.84. The second kappa shape index (κ2) is 9.37. The third-order valence-corrected chi connectivity index (χ3v) is 9.48. The van der Waals surface area contributed by atoms with Gasteiger partial charge >= 0.3 is 6.01 Å². The second-order valence-electron chi connectivity index (χ2n) is 11.7. The van der Waals surface area contributed by atoms with Gasteiger partial charge in [0.05, 0.1) is 17.5 Å². The lowest BCUT2D eigenvalue weighted by atomic mass is 9.68. The lowest BCUT2D eigenvalue weighted by molar-refractivity contribution is 0.111. The monoisotopic (exact) mass is 541 g/mol. The van der Waals surface area contributed by atoms with Crippen LogP contribution in [0.4, 0.5) is 11.5 Å². The fraction of sp³-hybridized carbons (Fsp3) is 0.533. The Morgan fingerprint density at radius 2 is 2.02 bits per heavy atom. The highest BCUT2D eigenvalue weighted by Crippen LogP contribution is 2.55. The van der Waals surface area contributed by atoms with Crippen LogP contribution < -0.4 is 20.1 Å². The lowest BCUT2D eigenvalue weighted by Gasteiger charge is -2.33. The molecule has 10 heteroatoms. The fourth-order valence-electron chi connectivity index (χ4n) is 7.46. The highest BCUT2D eigenvalue weighted by atomic mass is 16.5. The molecule has 2 aliphatic carbocycles. The smallest absolute Gasteiger partial charge is 0.319 e. The number of nitrogens with two attached hydrogens (primary N) is 1. The summed E-state index contributed by atoms with van der Waals surface area (Å²) >= 11 is 0. The van der Waals surface area contributed by atoms with Crippen molar-refractivity contribution >= 4 is 11.5 Å². The molecule has 2 N–H and O–H groups in total. The summed E-state index contributed by atoms with van der Waals surface area (Å²) in [4.78, 5) is 14.1. The number of nitriles is 1. The van der Waals surface area contributed by atoms with Crippen LogP contribution in [0.1, 0.15) is 67.0 Å². The number of likely N-dealkylation sites (N-methyl/N-ethyl adjacent to an activating group) is 2. The minimum Gasteiger partial charge on any atom is -0.486 e. The summed E-state index contributed by atoms with van der Waals surface area (Å²) < 4.78 is 18.8.